The van der Waals surface area contributed by atoms with Gasteiger partial charge in [-0.2, -0.15) is 0 Å². The molecule has 4 aliphatic carbocycles. The third-order valence-corrected chi connectivity index (χ3v) is 10.0. The zero-order valence-electron chi connectivity index (χ0n) is 14.3. The van der Waals surface area contributed by atoms with Crippen LogP contribution in [0.5, 0.6) is 0 Å². The summed E-state index contributed by atoms with van der Waals surface area (Å²) >= 11 is 3.61. The van der Waals surface area contributed by atoms with Crippen molar-refractivity contribution in [3.63, 3.8) is 0 Å². The van der Waals surface area contributed by atoms with Gasteiger partial charge in [0.2, 0.25) is 0 Å². The molecule has 0 radical (unpaired) electrons. The van der Waals surface area contributed by atoms with Crippen molar-refractivity contribution in [2.45, 2.75) is 81.9 Å². The van der Waals surface area contributed by atoms with Gasteiger partial charge in [-0.1, -0.05) is 29.8 Å². The third kappa shape index (κ3) is 2.17. The second-order valence-corrected chi connectivity index (χ2v) is 10.8. The maximum atomic E-state index is 11.0. The Morgan fingerprint density at radius 2 is 1.61 bits per heavy atom. The zero-order chi connectivity index (χ0) is 16.6. The van der Waals surface area contributed by atoms with E-state index in [4.69, 9.17) is 0 Å². The largest absolute Gasteiger partial charge is 0.393 e. The molecule has 3 nitrogen and oxygen atoms in total. The van der Waals surface area contributed by atoms with Crippen molar-refractivity contribution in [1.29, 1.82) is 0 Å². The Balaban J connectivity index is 1.68. The van der Waals surface area contributed by atoms with Crippen molar-refractivity contribution in [2.24, 2.45) is 34.5 Å². The van der Waals surface area contributed by atoms with Crippen LogP contribution in [0.4, 0.5) is 0 Å². The first-order valence-electron chi connectivity index (χ1n) is 9.46. The molecular formula is C19H31BrO3. The van der Waals surface area contributed by atoms with Gasteiger partial charge in [0.25, 0.3) is 0 Å². The smallest absolute Gasteiger partial charge is 0.125 e. The SMILES string of the molecule is C[C@]12CCC(O)CC1CC(O)[C@@H]1[C@H]2CC[C@@]2(C)[C@H]1CCC2(O)Br. The number of fused-ring (bicyclic) bond motifs is 5. The van der Waals surface area contributed by atoms with Gasteiger partial charge in [-0.3, -0.25) is 0 Å². The Bertz CT molecular complexity index is 495. The van der Waals surface area contributed by atoms with Crippen LogP contribution in [0.1, 0.15) is 65.2 Å². The van der Waals surface area contributed by atoms with Gasteiger partial charge in [0.15, 0.2) is 0 Å². The van der Waals surface area contributed by atoms with E-state index in [1.807, 2.05) is 0 Å². The Morgan fingerprint density at radius 1 is 0.913 bits per heavy atom. The number of rotatable bonds is 0. The van der Waals surface area contributed by atoms with Gasteiger partial charge in [0, 0.05) is 5.41 Å². The molecule has 132 valence electrons. The molecular weight excluding hydrogens is 356 g/mol. The minimum absolute atomic E-state index is 0.119. The van der Waals surface area contributed by atoms with Crippen LogP contribution in [-0.4, -0.2) is 32.0 Å². The van der Waals surface area contributed by atoms with Gasteiger partial charge in [-0.25, -0.2) is 0 Å². The summed E-state index contributed by atoms with van der Waals surface area (Å²) in [6.45, 7) is 4.65. The molecule has 23 heavy (non-hydrogen) atoms. The van der Waals surface area contributed by atoms with Crippen LogP contribution >= 0.6 is 15.9 Å². The molecule has 0 amide bonds. The van der Waals surface area contributed by atoms with E-state index in [1.54, 1.807) is 0 Å². The number of hydrogen-bond donors (Lipinski definition) is 3. The van der Waals surface area contributed by atoms with Crippen molar-refractivity contribution in [3.05, 3.63) is 0 Å². The average molecular weight is 387 g/mol. The fraction of sp³-hybridized carbons (Fsp3) is 1.00. The fourth-order valence-corrected chi connectivity index (χ4v) is 7.88. The lowest BCUT2D eigenvalue weighted by Gasteiger charge is -2.62. The summed E-state index contributed by atoms with van der Waals surface area (Å²) in [4.78, 5) is 0. The van der Waals surface area contributed by atoms with Crippen molar-refractivity contribution in [2.75, 3.05) is 0 Å². The van der Waals surface area contributed by atoms with E-state index >= 15 is 0 Å². The van der Waals surface area contributed by atoms with Crippen molar-refractivity contribution in [3.8, 4) is 0 Å². The van der Waals surface area contributed by atoms with Crippen LogP contribution in [0.15, 0.2) is 0 Å². The highest BCUT2D eigenvalue weighted by molar-refractivity contribution is 9.10. The second kappa shape index (κ2) is 5.18. The standard InChI is InChI=1S/C19H31BrO3/c1-17-6-3-12(21)9-11(17)10-15(22)16-13(17)4-7-18(2)14(16)5-8-19(18,20)23/h11-16,21-23H,3-10H2,1-2H3/t11?,12?,13-,14+,15?,16-,17+,18+,19?/m1/s1. The number of aliphatic hydroxyl groups is 3. The molecule has 9 atom stereocenters. The van der Waals surface area contributed by atoms with Gasteiger partial charge in [-0.05, 0) is 80.5 Å². The highest BCUT2D eigenvalue weighted by Crippen LogP contribution is 2.69. The van der Waals surface area contributed by atoms with E-state index in [1.165, 1.54) is 0 Å². The molecule has 4 rings (SSSR count). The fourth-order valence-electron chi connectivity index (χ4n) is 7.16. The Kier molecular flexibility index (Phi) is 3.79. The summed E-state index contributed by atoms with van der Waals surface area (Å²) < 4.78 is -0.768. The molecule has 0 aromatic rings. The van der Waals surface area contributed by atoms with Crippen LogP contribution in [0.2, 0.25) is 0 Å². The van der Waals surface area contributed by atoms with Crippen LogP contribution in [0.25, 0.3) is 0 Å². The zero-order valence-corrected chi connectivity index (χ0v) is 15.9. The number of aliphatic hydroxyl groups excluding tert-OH is 2. The van der Waals surface area contributed by atoms with Crippen molar-refractivity contribution in [1.82, 2.24) is 0 Å². The predicted octanol–water partition coefficient (Wildman–Crippen LogP) is 3.44. The summed E-state index contributed by atoms with van der Waals surface area (Å²) in [7, 11) is 0. The molecule has 3 N–H and O–H groups in total. The molecule has 4 aliphatic rings. The van der Waals surface area contributed by atoms with Gasteiger partial charge in [-0.15, -0.1) is 0 Å². The first-order chi connectivity index (χ1) is 10.7. The average Bonchev–Trinajstić information content (AvgIpc) is 2.72. The lowest BCUT2D eigenvalue weighted by molar-refractivity contribution is -0.179. The van der Waals surface area contributed by atoms with Gasteiger partial charge in [0.05, 0.1) is 12.2 Å². The summed E-state index contributed by atoms with van der Waals surface area (Å²) in [6.07, 6.45) is 7.21. The first-order valence-corrected chi connectivity index (χ1v) is 10.3. The molecule has 0 bridgehead atoms. The molecule has 0 aromatic carbocycles. The van der Waals surface area contributed by atoms with E-state index in [2.05, 4.69) is 29.8 Å². The van der Waals surface area contributed by atoms with E-state index in [0.717, 1.165) is 51.4 Å². The molecule has 0 spiro atoms. The Hall–Kier alpha value is 0.360. The van der Waals surface area contributed by atoms with Gasteiger partial charge >= 0.3 is 0 Å². The molecule has 0 heterocycles. The summed E-state index contributed by atoms with van der Waals surface area (Å²) in [5.74, 6) is 1.72. The van der Waals surface area contributed by atoms with E-state index in [-0.39, 0.29) is 23.0 Å². The normalized spacial score (nSPS) is 62.3. The molecule has 4 heteroatoms. The molecule has 0 saturated heterocycles. The topological polar surface area (TPSA) is 60.7 Å². The number of hydrogen-bond acceptors (Lipinski definition) is 3. The Labute approximate surface area is 148 Å². The van der Waals surface area contributed by atoms with E-state index in [0.29, 0.717) is 23.7 Å². The minimum Gasteiger partial charge on any atom is -0.393 e. The van der Waals surface area contributed by atoms with Crippen molar-refractivity contribution >= 4 is 15.9 Å². The predicted molar refractivity (Wildman–Crippen MR) is 93.0 cm³/mol. The van der Waals surface area contributed by atoms with Crippen LogP contribution in [-0.2, 0) is 0 Å². The first kappa shape index (κ1) is 16.8. The maximum absolute atomic E-state index is 11.0. The molecule has 0 aliphatic heterocycles. The van der Waals surface area contributed by atoms with Gasteiger partial charge in [0.1, 0.15) is 4.51 Å². The quantitative estimate of drug-likeness (QED) is 0.558. The number of halogens is 1. The maximum Gasteiger partial charge on any atom is 0.125 e. The molecule has 4 unspecified atom stereocenters. The monoisotopic (exact) mass is 386 g/mol. The highest BCUT2D eigenvalue weighted by atomic mass is 79.9. The highest BCUT2D eigenvalue weighted by Gasteiger charge is 2.65. The Morgan fingerprint density at radius 3 is 2.35 bits per heavy atom. The molecule has 4 saturated carbocycles. The van der Waals surface area contributed by atoms with Crippen molar-refractivity contribution < 1.29 is 15.3 Å². The second-order valence-electron chi connectivity index (χ2n) is 9.48. The molecule has 4 fully saturated rings. The van der Waals surface area contributed by atoms with Crippen LogP contribution in [0.3, 0.4) is 0 Å². The number of alkyl halides is 1. The van der Waals surface area contributed by atoms with Crippen LogP contribution in [0, 0.1) is 34.5 Å². The van der Waals surface area contributed by atoms with E-state index < -0.39 is 4.51 Å². The minimum atomic E-state index is -0.768. The lowest BCUT2D eigenvalue weighted by atomic mass is 9.44. The van der Waals surface area contributed by atoms with Crippen LogP contribution < -0.4 is 0 Å². The summed E-state index contributed by atoms with van der Waals surface area (Å²) in [5.41, 5.74) is 0.143. The summed E-state index contributed by atoms with van der Waals surface area (Å²) in [6, 6.07) is 0. The molecule has 0 aromatic heterocycles. The lowest BCUT2D eigenvalue weighted by Crippen LogP contribution is -2.59. The van der Waals surface area contributed by atoms with E-state index in [9.17, 15) is 15.3 Å². The third-order valence-electron chi connectivity index (χ3n) is 8.71. The van der Waals surface area contributed by atoms with Gasteiger partial charge < -0.3 is 15.3 Å². The summed E-state index contributed by atoms with van der Waals surface area (Å²) in [5, 5.41) is 31.9.